The normalized spacial score (nSPS) is 8.27. The largest absolute Gasteiger partial charge is 0.396 e. The number of hydrogen-bond donors (Lipinski definition) is 0. The number of hydrogen-bond acceptors (Lipinski definition) is 1. The van der Waals surface area contributed by atoms with Crippen molar-refractivity contribution in [3.63, 3.8) is 0 Å². The van der Waals surface area contributed by atoms with Gasteiger partial charge in [0.15, 0.2) is 0 Å². The van der Waals surface area contributed by atoms with E-state index < -0.39 is 0 Å². The molecular formula is C12H19N2Y-. The molecule has 0 saturated heterocycles. The molecule has 2 aromatic heterocycles. The van der Waals surface area contributed by atoms with E-state index in [4.69, 9.17) is 0 Å². The summed E-state index contributed by atoms with van der Waals surface area (Å²) in [6, 6.07) is 7.18. The van der Waals surface area contributed by atoms with E-state index in [9.17, 15) is 0 Å². The number of fused-ring (bicyclic) bond motifs is 1. The molecule has 0 aliphatic rings. The molecule has 0 N–H and O–H groups in total. The Bertz CT molecular complexity index is 393. The molecule has 0 amide bonds. The maximum absolute atomic E-state index is 4.23. The molecule has 0 atom stereocenters. The number of nitrogens with zero attached hydrogens (tertiary/aromatic N) is 2. The van der Waals surface area contributed by atoms with Crippen molar-refractivity contribution in [1.29, 1.82) is 0 Å². The molecular weight excluding hydrogens is 261 g/mol. The molecule has 0 aliphatic carbocycles. The molecule has 2 heterocycles. The van der Waals surface area contributed by atoms with Crippen molar-refractivity contribution in [2.75, 3.05) is 0 Å². The van der Waals surface area contributed by atoms with Gasteiger partial charge >= 0.3 is 0 Å². The zero-order valence-corrected chi connectivity index (χ0v) is 12.0. The van der Waals surface area contributed by atoms with Crippen LogP contribution in [0.5, 0.6) is 0 Å². The molecule has 81 valence electrons. The van der Waals surface area contributed by atoms with Crippen LogP contribution in [0.25, 0.3) is 11.0 Å². The van der Waals surface area contributed by atoms with Crippen LogP contribution in [0.3, 0.4) is 0 Å². The van der Waals surface area contributed by atoms with Crippen molar-refractivity contribution < 1.29 is 32.7 Å². The summed E-state index contributed by atoms with van der Waals surface area (Å²) >= 11 is 0. The Morgan fingerprint density at radius 1 is 1.33 bits per heavy atom. The number of rotatable bonds is 0. The van der Waals surface area contributed by atoms with Gasteiger partial charge in [0.2, 0.25) is 0 Å². The molecule has 2 nitrogen and oxygen atoms in total. The maximum Gasteiger partial charge on any atom is 0.0260 e. The van der Waals surface area contributed by atoms with Crippen LogP contribution >= 0.6 is 0 Å². The molecule has 0 aromatic carbocycles. The minimum absolute atomic E-state index is 0. The van der Waals surface area contributed by atoms with Crippen molar-refractivity contribution in [3.05, 3.63) is 30.1 Å². The maximum atomic E-state index is 4.23. The van der Waals surface area contributed by atoms with Gasteiger partial charge in [0.05, 0.1) is 0 Å². The molecule has 0 fully saturated rings. The fourth-order valence-corrected chi connectivity index (χ4v) is 1.20. The second-order valence-electron chi connectivity index (χ2n) is 2.64. The first-order valence-electron chi connectivity index (χ1n) is 4.58. The monoisotopic (exact) mass is 280 g/mol. The second kappa shape index (κ2) is 8.01. The summed E-state index contributed by atoms with van der Waals surface area (Å²) in [4.78, 5) is 4.23. The van der Waals surface area contributed by atoms with Crippen LogP contribution in [0.1, 0.15) is 27.0 Å². The van der Waals surface area contributed by atoms with Crippen LogP contribution < -0.4 is 0 Å². The Labute approximate surface area is 118 Å². The predicted octanol–water partition coefficient (Wildman–Crippen LogP) is 3.34. The van der Waals surface area contributed by atoms with Crippen LogP contribution in [0, 0.1) is 13.0 Å². The quantitative estimate of drug-likeness (QED) is 0.677. The Morgan fingerprint density at radius 3 is 2.47 bits per heavy atom. The molecule has 2 aromatic rings. The van der Waals surface area contributed by atoms with Crippen LogP contribution in [0.15, 0.2) is 18.3 Å². The summed E-state index contributed by atoms with van der Waals surface area (Å²) in [6.45, 7) is 6.03. The van der Waals surface area contributed by atoms with Gasteiger partial charge in [-0.3, -0.25) is 0 Å². The number of aryl methyl sites for hydroxylation is 2. The third-order valence-electron chi connectivity index (χ3n) is 1.92. The summed E-state index contributed by atoms with van der Waals surface area (Å²) in [5.74, 6) is 0. The van der Waals surface area contributed by atoms with Crippen LogP contribution in [0.2, 0.25) is 0 Å². The topological polar surface area (TPSA) is 17.8 Å². The van der Waals surface area contributed by atoms with Crippen molar-refractivity contribution in [1.82, 2.24) is 9.55 Å². The van der Waals surface area contributed by atoms with Gasteiger partial charge in [0.1, 0.15) is 0 Å². The molecule has 0 unspecified atom stereocenters. The van der Waals surface area contributed by atoms with Crippen LogP contribution in [0.4, 0.5) is 0 Å². The fraction of sp³-hybridized carbons (Fsp3) is 0.417. The Morgan fingerprint density at radius 2 is 1.93 bits per heavy atom. The smallest absolute Gasteiger partial charge is 0.0260 e. The van der Waals surface area contributed by atoms with Gasteiger partial charge in [-0.25, -0.2) is 0 Å². The van der Waals surface area contributed by atoms with Gasteiger partial charge < -0.3 is 9.55 Å². The van der Waals surface area contributed by atoms with Gasteiger partial charge in [-0.15, -0.1) is 11.5 Å². The molecule has 3 heteroatoms. The summed E-state index contributed by atoms with van der Waals surface area (Å²) in [7, 11) is 2.00. The molecule has 0 bridgehead atoms. The van der Waals surface area contributed by atoms with E-state index in [0.717, 1.165) is 16.7 Å². The zero-order chi connectivity index (χ0) is 9.84. The van der Waals surface area contributed by atoms with Crippen molar-refractivity contribution in [2.24, 2.45) is 7.05 Å². The minimum atomic E-state index is 0. The Kier molecular flexibility index (Phi) is 9.18. The first-order chi connectivity index (χ1) is 6.29. The van der Waals surface area contributed by atoms with E-state index in [0.29, 0.717) is 0 Å². The standard InChI is InChI=1S/C9H9N2.C2H6.CH4.Y/c1-7-6-8-4-3-5-10-9(8)11(7)2;1-2;;/h3-5H,1-2H3;1-2H3;1H4;/q-1;;;. The van der Waals surface area contributed by atoms with E-state index in [1.54, 1.807) is 6.20 Å². The van der Waals surface area contributed by atoms with Gasteiger partial charge in [0, 0.05) is 44.6 Å². The van der Waals surface area contributed by atoms with E-state index in [-0.39, 0.29) is 40.1 Å². The van der Waals surface area contributed by atoms with Crippen molar-refractivity contribution >= 4 is 11.0 Å². The summed E-state index contributed by atoms with van der Waals surface area (Å²) in [6.07, 6.45) is 1.80. The number of aromatic nitrogens is 2. The first kappa shape index (κ1) is 17.2. The molecule has 0 saturated carbocycles. The molecule has 2 rings (SSSR count). The van der Waals surface area contributed by atoms with Gasteiger partial charge in [0.25, 0.3) is 0 Å². The SMILES string of the molecule is C.CC.Cc1[c-]c2cccnc2n1C.[Y]. The molecule has 15 heavy (non-hydrogen) atoms. The summed E-state index contributed by atoms with van der Waals surface area (Å²) < 4.78 is 2.04. The third-order valence-corrected chi connectivity index (χ3v) is 1.92. The van der Waals surface area contributed by atoms with E-state index in [1.165, 1.54) is 0 Å². The summed E-state index contributed by atoms with van der Waals surface area (Å²) in [5.41, 5.74) is 2.13. The van der Waals surface area contributed by atoms with Crippen molar-refractivity contribution in [3.8, 4) is 0 Å². The average Bonchev–Trinajstić information content (AvgIpc) is 2.47. The van der Waals surface area contributed by atoms with Crippen molar-refractivity contribution in [2.45, 2.75) is 28.2 Å². The summed E-state index contributed by atoms with van der Waals surface area (Å²) in [5, 5.41) is 1.09. The molecule has 1 radical (unpaired) electrons. The van der Waals surface area contributed by atoms with Gasteiger partial charge in [-0.2, -0.15) is 12.1 Å². The average molecular weight is 280 g/mol. The Hall–Kier alpha value is -0.206. The first-order valence-corrected chi connectivity index (χ1v) is 4.58. The van der Waals surface area contributed by atoms with E-state index in [1.807, 2.05) is 44.5 Å². The fourth-order valence-electron chi connectivity index (χ4n) is 1.20. The second-order valence-corrected chi connectivity index (χ2v) is 2.64. The zero-order valence-electron chi connectivity index (χ0n) is 9.20. The molecule has 0 aliphatic heterocycles. The minimum Gasteiger partial charge on any atom is -0.396 e. The van der Waals surface area contributed by atoms with Gasteiger partial charge in [-0.1, -0.05) is 27.0 Å². The van der Waals surface area contributed by atoms with E-state index in [2.05, 4.69) is 11.1 Å². The Balaban J connectivity index is 0. The molecule has 0 spiro atoms. The predicted molar refractivity (Wildman–Crippen MR) is 62.4 cm³/mol. The number of pyridine rings is 1. The van der Waals surface area contributed by atoms with Crippen LogP contribution in [-0.4, -0.2) is 9.55 Å². The van der Waals surface area contributed by atoms with Gasteiger partial charge in [-0.05, 0) is 14.0 Å². The van der Waals surface area contributed by atoms with E-state index >= 15 is 0 Å². The van der Waals surface area contributed by atoms with Crippen LogP contribution in [-0.2, 0) is 39.8 Å². The third kappa shape index (κ3) is 3.69.